The fourth-order valence-corrected chi connectivity index (χ4v) is 2.54. The standard InChI is InChI=1S/C15H25O4P/c1-14(2,3)18-20(19-15(4,5)6)17-13-9-7-12(11-16)8-10-13/h7-10,16H,11H2,1-6H3. The molecule has 0 saturated carbocycles. The molecular weight excluding hydrogens is 275 g/mol. The van der Waals surface area contributed by atoms with Gasteiger partial charge in [-0.1, -0.05) is 12.1 Å². The lowest BCUT2D eigenvalue weighted by Gasteiger charge is -2.30. The van der Waals surface area contributed by atoms with Gasteiger partial charge in [0, 0.05) is 0 Å². The summed E-state index contributed by atoms with van der Waals surface area (Å²) in [6.07, 6.45) is 0. The Hall–Kier alpha value is -0.670. The molecule has 0 unspecified atom stereocenters. The van der Waals surface area contributed by atoms with Gasteiger partial charge in [0.1, 0.15) is 5.75 Å². The first-order chi connectivity index (χ1) is 9.09. The predicted molar refractivity (Wildman–Crippen MR) is 81.6 cm³/mol. The highest BCUT2D eigenvalue weighted by molar-refractivity contribution is 7.42. The lowest BCUT2D eigenvalue weighted by atomic mass is 10.2. The molecule has 0 aliphatic carbocycles. The van der Waals surface area contributed by atoms with E-state index in [0.717, 1.165) is 5.56 Å². The third-order valence-corrected chi connectivity index (χ3v) is 3.74. The van der Waals surface area contributed by atoms with Crippen molar-refractivity contribution in [3.8, 4) is 5.75 Å². The summed E-state index contributed by atoms with van der Waals surface area (Å²) in [6, 6.07) is 7.24. The Kier molecular flexibility index (Phi) is 5.96. The van der Waals surface area contributed by atoms with Crippen molar-refractivity contribution in [2.75, 3.05) is 0 Å². The molecule has 0 atom stereocenters. The van der Waals surface area contributed by atoms with E-state index in [1.165, 1.54) is 0 Å². The Labute approximate surface area is 123 Å². The quantitative estimate of drug-likeness (QED) is 0.818. The number of hydrogen-bond donors (Lipinski definition) is 1. The molecule has 114 valence electrons. The van der Waals surface area contributed by atoms with Gasteiger partial charge in [0.2, 0.25) is 0 Å². The predicted octanol–water partition coefficient (Wildman–Crippen LogP) is 4.41. The summed E-state index contributed by atoms with van der Waals surface area (Å²) in [4.78, 5) is 0. The minimum absolute atomic E-state index is 0.0199. The lowest BCUT2D eigenvalue weighted by Crippen LogP contribution is -2.23. The molecule has 1 aromatic rings. The maximum absolute atomic E-state index is 9.03. The number of aliphatic hydroxyl groups is 1. The topological polar surface area (TPSA) is 47.9 Å². The highest BCUT2D eigenvalue weighted by Crippen LogP contribution is 2.47. The van der Waals surface area contributed by atoms with Crippen LogP contribution in [-0.4, -0.2) is 16.3 Å². The van der Waals surface area contributed by atoms with Gasteiger partial charge < -0.3 is 9.63 Å². The van der Waals surface area contributed by atoms with Crippen LogP contribution < -0.4 is 4.52 Å². The van der Waals surface area contributed by atoms with E-state index < -0.39 is 8.60 Å². The van der Waals surface area contributed by atoms with Crippen molar-refractivity contribution in [3.05, 3.63) is 29.8 Å². The minimum Gasteiger partial charge on any atom is -0.427 e. The SMILES string of the molecule is CC(C)(C)OP(Oc1ccc(CO)cc1)OC(C)(C)C. The molecule has 1 rings (SSSR count). The van der Waals surface area contributed by atoms with E-state index >= 15 is 0 Å². The molecule has 5 heteroatoms. The van der Waals surface area contributed by atoms with E-state index in [0.29, 0.717) is 5.75 Å². The zero-order valence-corrected chi connectivity index (χ0v) is 14.0. The van der Waals surface area contributed by atoms with Gasteiger partial charge in [-0.25, -0.2) is 0 Å². The van der Waals surface area contributed by atoms with Gasteiger partial charge in [-0.05, 0) is 59.2 Å². The van der Waals surface area contributed by atoms with Crippen LogP contribution in [0, 0.1) is 0 Å². The fourth-order valence-electron chi connectivity index (χ4n) is 1.24. The van der Waals surface area contributed by atoms with Gasteiger partial charge in [-0.15, -0.1) is 0 Å². The van der Waals surface area contributed by atoms with Crippen LogP contribution in [0.25, 0.3) is 0 Å². The molecular formula is C15H25O4P. The molecule has 20 heavy (non-hydrogen) atoms. The molecule has 0 saturated heterocycles. The van der Waals surface area contributed by atoms with Gasteiger partial charge >= 0.3 is 8.60 Å². The summed E-state index contributed by atoms with van der Waals surface area (Å²) in [6.45, 7) is 11.8. The van der Waals surface area contributed by atoms with Gasteiger partial charge in [0.05, 0.1) is 17.8 Å². The maximum Gasteiger partial charge on any atom is 0.398 e. The highest BCUT2D eigenvalue weighted by Gasteiger charge is 2.28. The molecule has 0 radical (unpaired) electrons. The average molecular weight is 300 g/mol. The zero-order valence-electron chi connectivity index (χ0n) is 13.1. The molecule has 1 aromatic carbocycles. The summed E-state index contributed by atoms with van der Waals surface area (Å²) in [7, 11) is -1.49. The van der Waals surface area contributed by atoms with E-state index in [1.54, 1.807) is 12.1 Å². The monoisotopic (exact) mass is 300 g/mol. The van der Waals surface area contributed by atoms with Gasteiger partial charge in [-0.2, -0.15) is 0 Å². The number of benzene rings is 1. The number of hydrogen-bond acceptors (Lipinski definition) is 4. The van der Waals surface area contributed by atoms with Crippen LogP contribution in [-0.2, 0) is 15.7 Å². The second kappa shape index (κ2) is 6.86. The van der Waals surface area contributed by atoms with E-state index in [4.69, 9.17) is 18.7 Å². The summed E-state index contributed by atoms with van der Waals surface area (Å²) in [5.74, 6) is 0.668. The van der Waals surface area contributed by atoms with E-state index in [9.17, 15) is 0 Å². The van der Waals surface area contributed by atoms with Crippen LogP contribution in [0.5, 0.6) is 5.75 Å². The highest BCUT2D eigenvalue weighted by atomic mass is 31.2. The van der Waals surface area contributed by atoms with Crippen molar-refractivity contribution < 1.29 is 18.7 Å². The Balaban J connectivity index is 2.76. The molecule has 0 fully saturated rings. The second-order valence-electron chi connectivity index (χ2n) is 6.52. The third kappa shape index (κ3) is 7.20. The van der Waals surface area contributed by atoms with Crippen LogP contribution in [0.2, 0.25) is 0 Å². The Morgan fingerprint density at radius 2 is 1.35 bits per heavy atom. The largest absolute Gasteiger partial charge is 0.427 e. The fraction of sp³-hybridized carbons (Fsp3) is 0.600. The maximum atomic E-state index is 9.03. The van der Waals surface area contributed by atoms with Crippen LogP contribution in [0.4, 0.5) is 0 Å². The lowest BCUT2D eigenvalue weighted by molar-refractivity contribution is 0.0504. The van der Waals surface area contributed by atoms with Crippen molar-refractivity contribution in [1.82, 2.24) is 0 Å². The normalized spacial score (nSPS) is 12.8. The molecule has 4 nitrogen and oxygen atoms in total. The average Bonchev–Trinajstić information content (AvgIpc) is 2.25. The summed E-state index contributed by atoms with van der Waals surface area (Å²) in [5, 5.41) is 9.03. The molecule has 0 heterocycles. The Morgan fingerprint density at radius 1 is 0.900 bits per heavy atom. The summed E-state index contributed by atoms with van der Waals surface area (Å²) < 4.78 is 17.5. The first-order valence-electron chi connectivity index (χ1n) is 6.65. The van der Waals surface area contributed by atoms with E-state index in [-0.39, 0.29) is 17.8 Å². The van der Waals surface area contributed by atoms with E-state index in [2.05, 4.69) is 0 Å². The molecule has 0 amide bonds. The Bertz CT molecular complexity index is 387. The second-order valence-corrected chi connectivity index (χ2v) is 7.52. The van der Waals surface area contributed by atoms with Gasteiger partial charge in [-0.3, -0.25) is 9.05 Å². The summed E-state index contributed by atoms with van der Waals surface area (Å²) in [5.41, 5.74) is 0.152. The van der Waals surface area contributed by atoms with Crippen molar-refractivity contribution in [3.63, 3.8) is 0 Å². The van der Waals surface area contributed by atoms with Gasteiger partial charge in [0.25, 0.3) is 0 Å². The zero-order chi connectivity index (χ0) is 15.4. The first-order valence-corrected chi connectivity index (χ1v) is 7.75. The first kappa shape index (κ1) is 17.4. The van der Waals surface area contributed by atoms with Crippen molar-refractivity contribution >= 4 is 8.60 Å². The van der Waals surface area contributed by atoms with Crippen LogP contribution in [0.1, 0.15) is 47.1 Å². The minimum atomic E-state index is -1.49. The van der Waals surface area contributed by atoms with E-state index in [1.807, 2.05) is 53.7 Å². The van der Waals surface area contributed by atoms with Crippen molar-refractivity contribution in [1.29, 1.82) is 0 Å². The van der Waals surface area contributed by atoms with Gasteiger partial charge in [0.15, 0.2) is 0 Å². The molecule has 0 spiro atoms. The number of rotatable bonds is 5. The molecule has 1 N–H and O–H groups in total. The Morgan fingerprint density at radius 3 is 1.70 bits per heavy atom. The van der Waals surface area contributed by atoms with Crippen LogP contribution in [0.3, 0.4) is 0 Å². The molecule has 0 aliphatic heterocycles. The van der Waals surface area contributed by atoms with Crippen LogP contribution >= 0.6 is 8.60 Å². The molecule has 0 bridgehead atoms. The molecule has 0 aromatic heterocycles. The van der Waals surface area contributed by atoms with Crippen molar-refractivity contribution in [2.45, 2.75) is 59.4 Å². The van der Waals surface area contributed by atoms with Crippen LogP contribution in [0.15, 0.2) is 24.3 Å². The molecule has 0 aliphatic rings. The number of aliphatic hydroxyl groups excluding tert-OH is 1. The third-order valence-electron chi connectivity index (χ3n) is 1.98. The summed E-state index contributed by atoms with van der Waals surface area (Å²) >= 11 is 0. The smallest absolute Gasteiger partial charge is 0.398 e. The van der Waals surface area contributed by atoms with Crippen molar-refractivity contribution in [2.24, 2.45) is 0 Å².